The molecule has 1 heterocycles. The van der Waals surface area contributed by atoms with Crippen LogP contribution in [0.2, 0.25) is 0 Å². The molecule has 0 spiro atoms. The van der Waals surface area contributed by atoms with Crippen LogP contribution in [0, 0.1) is 0 Å². The van der Waals surface area contributed by atoms with Gasteiger partial charge in [-0.3, -0.25) is 9.69 Å². The van der Waals surface area contributed by atoms with Crippen molar-refractivity contribution < 1.29 is 14.6 Å². The number of hydrogen-bond acceptors (Lipinski definition) is 5. The van der Waals surface area contributed by atoms with E-state index in [-0.39, 0.29) is 11.7 Å². The number of hydrogen-bond donors (Lipinski definition) is 1. The van der Waals surface area contributed by atoms with Crippen molar-refractivity contribution in [2.45, 2.75) is 0 Å². The van der Waals surface area contributed by atoms with Crippen LogP contribution in [0.3, 0.4) is 0 Å². The fourth-order valence-electron chi connectivity index (χ4n) is 1.52. The van der Waals surface area contributed by atoms with Gasteiger partial charge in [-0.2, -0.15) is 0 Å². The molecule has 1 aliphatic rings. The van der Waals surface area contributed by atoms with Crippen LogP contribution in [0.25, 0.3) is 6.08 Å². The van der Waals surface area contributed by atoms with Crippen LogP contribution in [0.5, 0.6) is 11.5 Å². The molecule has 0 saturated carbocycles. The average molecular weight is 360 g/mol. The Morgan fingerprint density at radius 1 is 1.53 bits per heavy atom. The van der Waals surface area contributed by atoms with Gasteiger partial charge in [-0.1, -0.05) is 39.9 Å². The van der Waals surface area contributed by atoms with E-state index in [1.807, 2.05) is 0 Å². The Balaban J connectivity index is 2.44. The largest absolute Gasteiger partial charge is 0.504 e. The number of carbonyl (C=O) groups is 1. The third kappa shape index (κ3) is 2.77. The van der Waals surface area contributed by atoms with E-state index in [1.165, 1.54) is 29.8 Å². The molecule has 4 nitrogen and oxygen atoms in total. The first kappa shape index (κ1) is 14.4. The number of likely N-dealkylation sites (N-methyl/N-ethyl adjacent to an activating group) is 1. The number of methoxy groups -OCH3 is 1. The number of amides is 1. The number of phenols is 1. The van der Waals surface area contributed by atoms with Crippen LogP contribution < -0.4 is 4.74 Å². The van der Waals surface area contributed by atoms with Crippen molar-refractivity contribution in [2.24, 2.45) is 0 Å². The Labute approximate surface area is 128 Å². The van der Waals surface area contributed by atoms with E-state index in [2.05, 4.69) is 15.9 Å². The summed E-state index contributed by atoms with van der Waals surface area (Å²) in [6.07, 6.45) is 1.72. The minimum atomic E-state index is -0.131. The zero-order chi connectivity index (χ0) is 14.2. The molecule has 7 heteroatoms. The van der Waals surface area contributed by atoms with Gasteiger partial charge in [-0.15, -0.1) is 0 Å². The van der Waals surface area contributed by atoms with Crippen LogP contribution in [0.1, 0.15) is 5.56 Å². The Bertz CT molecular complexity index is 601. The number of benzene rings is 1. The molecule has 1 amide bonds. The molecule has 2 rings (SSSR count). The first-order valence-electron chi connectivity index (χ1n) is 5.22. The van der Waals surface area contributed by atoms with Crippen molar-refractivity contribution in [3.05, 3.63) is 27.1 Å². The molecule has 1 saturated heterocycles. The van der Waals surface area contributed by atoms with Gasteiger partial charge in [0.05, 0.1) is 12.0 Å². The Morgan fingerprint density at radius 2 is 2.21 bits per heavy atom. The van der Waals surface area contributed by atoms with Crippen molar-refractivity contribution in [3.8, 4) is 11.5 Å². The van der Waals surface area contributed by atoms with Crippen molar-refractivity contribution >= 4 is 56.2 Å². The van der Waals surface area contributed by atoms with Crippen molar-refractivity contribution in [2.75, 3.05) is 14.2 Å². The van der Waals surface area contributed by atoms with E-state index in [0.29, 0.717) is 19.4 Å². The topological polar surface area (TPSA) is 49.8 Å². The third-order valence-corrected chi connectivity index (χ3v) is 4.74. The van der Waals surface area contributed by atoms with Crippen LogP contribution in [0.15, 0.2) is 21.5 Å². The monoisotopic (exact) mass is 359 g/mol. The summed E-state index contributed by atoms with van der Waals surface area (Å²) in [4.78, 5) is 13.9. The zero-order valence-electron chi connectivity index (χ0n) is 10.1. The zero-order valence-corrected chi connectivity index (χ0v) is 13.4. The summed E-state index contributed by atoms with van der Waals surface area (Å²) in [6, 6.07) is 3.18. The second-order valence-corrected chi connectivity index (χ2v) is 6.32. The Morgan fingerprint density at radius 3 is 2.74 bits per heavy atom. The van der Waals surface area contributed by atoms with Gasteiger partial charge in [0.1, 0.15) is 4.32 Å². The standard InChI is InChI=1S/C12H10BrNO3S2/c1-14-11(16)10(19-12(14)18)4-6-3-9(17-2)8(15)5-7(6)13/h3-5,15H,1-2H3. The highest BCUT2D eigenvalue weighted by Crippen LogP contribution is 2.36. The predicted molar refractivity (Wildman–Crippen MR) is 83.3 cm³/mol. The molecular weight excluding hydrogens is 350 g/mol. The number of phenolic OH excluding ortho intramolecular Hbond substituents is 1. The highest BCUT2D eigenvalue weighted by molar-refractivity contribution is 9.10. The SMILES string of the molecule is COc1cc(C=C2SC(=S)N(C)C2=O)c(Br)cc1O. The molecule has 0 unspecified atom stereocenters. The summed E-state index contributed by atoms with van der Waals surface area (Å²) in [5.74, 6) is 0.255. The smallest absolute Gasteiger partial charge is 0.265 e. The van der Waals surface area contributed by atoms with E-state index in [0.717, 1.165) is 5.56 Å². The van der Waals surface area contributed by atoms with E-state index in [9.17, 15) is 9.90 Å². The van der Waals surface area contributed by atoms with E-state index >= 15 is 0 Å². The number of thioether (sulfide) groups is 1. The lowest BCUT2D eigenvalue weighted by Gasteiger charge is -2.07. The van der Waals surface area contributed by atoms with Gasteiger partial charge >= 0.3 is 0 Å². The molecule has 1 aromatic rings. The minimum absolute atomic E-state index is 0.0366. The van der Waals surface area contributed by atoms with E-state index in [1.54, 1.807) is 19.2 Å². The molecule has 0 atom stereocenters. The summed E-state index contributed by atoms with van der Waals surface area (Å²) >= 11 is 9.65. The number of nitrogens with zero attached hydrogens (tertiary/aromatic N) is 1. The number of thiocarbonyl (C=S) groups is 1. The lowest BCUT2D eigenvalue weighted by Crippen LogP contribution is -2.22. The Hall–Kier alpha value is -1.05. The number of ether oxygens (including phenoxy) is 1. The maximum atomic E-state index is 11.9. The first-order chi connectivity index (χ1) is 8.93. The molecular formula is C12H10BrNO3S2. The molecule has 0 aromatic heterocycles. The minimum Gasteiger partial charge on any atom is -0.504 e. The number of rotatable bonds is 2. The molecule has 100 valence electrons. The second kappa shape index (κ2) is 5.52. The fraction of sp³-hybridized carbons (Fsp3) is 0.167. The second-order valence-electron chi connectivity index (χ2n) is 3.79. The van der Waals surface area contributed by atoms with Gasteiger partial charge in [-0.05, 0) is 23.8 Å². The maximum Gasteiger partial charge on any atom is 0.265 e. The predicted octanol–water partition coefficient (Wildman–Crippen LogP) is 2.99. The van der Waals surface area contributed by atoms with Crippen molar-refractivity contribution in [3.63, 3.8) is 0 Å². The van der Waals surface area contributed by atoms with Gasteiger partial charge in [0.15, 0.2) is 11.5 Å². The first-order valence-corrected chi connectivity index (χ1v) is 7.24. The van der Waals surface area contributed by atoms with Crippen LogP contribution >= 0.6 is 39.9 Å². The quantitative estimate of drug-likeness (QED) is 0.649. The number of aromatic hydroxyl groups is 1. The molecule has 19 heavy (non-hydrogen) atoms. The van der Waals surface area contributed by atoms with Crippen LogP contribution in [-0.4, -0.2) is 34.4 Å². The van der Waals surface area contributed by atoms with Gasteiger partial charge in [0.2, 0.25) is 0 Å². The summed E-state index contributed by atoms with van der Waals surface area (Å²) in [5, 5.41) is 9.64. The average Bonchev–Trinajstić information content (AvgIpc) is 2.60. The lowest BCUT2D eigenvalue weighted by atomic mass is 10.2. The van der Waals surface area contributed by atoms with Gasteiger partial charge in [0.25, 0.3) is 5.91 Å². The molecule has 1 aromatic carbocycles. The van der Waals surface area contributed by atoms with Gasteiger partial charge < -0.3 is 9.84 Å². The summed E-state index contributed by atoms with van der Waals surface area (Å²) in [6.45, 7) is 0. The summed E-state index contributed by atoms with van der Waals surface area (Å²) < 4.78 is 6.25. The molecule has 0 bridgehead atoms. The number of halogens is 1. The highest BCUT2D eigenvalue weighted by Gasteiger charge is 2.28. The molecule has 1 aliphatic heterocycles. The maximum absolute atomic E-state index is 11.9. The van der Waals surface area contributed by atoms with Gasteiger partial charge in [0, 0.05) is 11.5 Å². The van der Waals surface area contributed by atoms with Gasteiger partial charge in [-0.25, -0.2) is 0 Å². The van der Waals surface area contributed by atoms with E-state index < -0.39 is 0 Å². The number of carbonyl (C=O) groups excluding carboxylic acids is 1. The van der Waals surface area contributed by atoms with Crippen molar-refractivity contribution in [1.82, 2.24) is 4.90 Å². The summed E-state index contributed by atoms with van der Waals surface area (Å²) in [7, 11) is 3.11. The van der Waals surface area contributed by atoms with Crippen LogP contribution in [-0.2, 0) is 4.79 Å². The lowest BCUT2D eigenvalue weighted by molar-refractivity contribution is -0.121. The van der Waals surface area contributed by atoms with Crippen LogP contribution in [0.4, 0.5) is 0 Å². The molecule has 1 fully saturated rings. The normalized spacial score (nSPS) is 17.4. The molecule has 0 radical (unpaired) electrons. The third-order valence-electron chi connectivity index (χ3n) is 2.57. The highest BCUT2D eigenvalue weighted by atomic mass is 79.9. The summed E-state index contributed by atoms with van der Waals surface area (Å²) in [5.41, 5.74) is 0.739. The molecule has 0 aliphatic carbocycles. The van der Waals surface area contributed by atoms with E-state index in [4.69, 9.17) is 17.0 Å². The molecule has 1 N–H and O–H groups in total. The van der Waals surface area contributed by atoms with Crippen molar-refractivity contribution in [1.29, 1.82) is 0 Å². The Kier molecular flexibility index (Phi) is 4.17. The fourth-order valence-corrected chi connectivity index (χ4v) is 3.14.